The molecule has 3 saturated heterocycles. The Balaban J connectivity index is 1.09. The van der Waals surface area contributed by atoms with E-state index in [-0.39, 0.29) is 16.6 Å². The van der Waals surface area contributed by atoms with E-state index in [2.05, 4.69) is 40.6 Å². The summed E-state index contributed by atoms with van der Waals surface area (Å²) in [6.07, 6.45) is 4.85. The summed E-state index contributed by atoms with van der Waals surface area (Å²) in [7, 11) is -4.38. The van der Waals surface area contributed by atoms with Gasteiger partial charge in [0.15, 0.2) is 11.5 Å². The van der Waals surface area contributed by atoms with Crippen LogP contribution in [0.15, 0.2) is 52.3 Å². The van der Waals surface area contributed by atoms with Crippen LogP contribution in [0.4, 0.5) is 0 Å². The van der Waals surface area contributed by atoms with Crippen molar-refractivity contribution in [3.8, 4) is 11.5 Å². The summed E-state index contributed by atoms with van der Waals surface area (Å²) < 4.78 is 50.9. The summed E-state index contributed by atoms with van der Waals surface area (Å²) in [5, 5.41) is 0. The van der Waals surface area contributed by atoms with Crippen molar-refractivity contribution in [3.63, 3.8) is 0 Å². The fourth-order valence-corrected chi connectivity index (χ4v) is 12.8. The van der Waals surface area contributed by atoms with E-state index < -0.39 is 20.8 Å². The number of hydrogen-bond donors (Lipinski definition) is 0. The molecule has 0 bridgehead atoms. The Morgan fingerprint density at radius 3 is 2.23 bits per heavy atom. The highest BCUT2D eigenvalue weighted by Crippen LogP contribution is 2.59. The smallest absolute Gasteiger partial charge is 0.231 e. The van der Waals surface area contributed by atoms with Gasteiger partial charge in [-0.1, -0.05) is 19.1 Å². The number of likely N-dealkylation sites (tertiary alicyclic amines) is 1. The van der Waals surface area contributed by atoms with E-state index in [9.17, 15) is 12.6 Å². The van der Waals surface area contributed by atoms with Crippen LogP contribution in [-0.2, 0) is 24.9 Å². The lowest BCUT2D eigenvalue weighted by atomic mass is 9.87. The highest BCUT2D eigenvalue weighted by atomic mass is 32.2. The van der Waals surface area contributed by atoms with Crippen LogP contribution in [0.1, 0.15) is 44.6 Å². The normalized spacial score (nSPS) is 23.4. The quantitative estimate of drug-likeness (QED) is 0.401. The van der Waals surface area contributed by atoms with E-state index in [1.54, 1.807) is 4.31 Å². The van der Waals surface area contributed by atoms with Crippen molar-refractivity contribution in [1.82, 2.24) is 9.21 Å². The lowest BCUT2D eigenvalue weighted by molar-refractivity contribution is 0.0942. The number of hydrogen-bond acceptors (Lipinski definition) is 8. The minimum absolute atomic E-state index is 0.0441. The van der Waals surface area contributed by atoms with Crippen molar-refractivity contribution in [1.29, 1.82) is 0 Å². The first-order chi connectivity index (χ1) is 19.4. The maximum Gasteiger partial charge on any atom is 0.231 e. The minimum Gasteiger partial charge on any atom is -0.454 e. The Morgan fingerprint density at radius 2 is 1.55 bits per heavy atom. The third-order valence-corrected chi connectivity index (χ3v) is 15.8. The van der Waals surface area contributed by atoms with Crippen molar-refractivity contribution < 1.29 is 22.1 Å². The SMILES string of the molecule is CCCS(=O)(=O)N1CCC(N2CCC(C3(c4ccc(S(=O)c5ccc6c(c5)OCO6)cc4)SCCS3)CC2)CC1. The predicted molar refractivity (Wildman–Crippen MR) is 163 cm³/mol. The van der Waals surface area contributed by atoms with Crippen LogP contribution in [0.2, 0.25) is 0 Å². The number of benzene rings is 2. The number of piperidine rings is 2. The number of sulfonamides is 1. The zero-order valence-corrected chi connectivity index (χ0v) is 26.2. The maximum atomic E-state index is 13.3. The van der Waals surface area contributed by atoms with Gasteiger partial charge >= 0.3 is 0 Å². The number of ether oxygens (including phenoxy) is 2. The molecule has 0 aromatic heterocycles. The van der Waals surface area contributed by atoms with Gasteiger partial charge < -0.3 is 14.4 Å². The van der Waals surface area contributed by atoms with Gasteiger partial charge in [0.2, 0.25) is 16.8 Å². The molecule has 1 atom stereocenters. The fourth-order valence-electron chi connectivity index (χ4n) is 6.52. The van der Waals surface area contributed by atoms with Gasteiger partial charge in [-0.05, 0) is 80.9 Å². The van der Waals surface area contributed by atoms with Crippen molar-refractivity contribution in [2.45, 2.75) is 58.9 Å². The van der Waals surface area contributed by atoms with Gasteiger partial charge in [0.1, 0.15) is 0 Å². The van der Waals surface area contributed by atoms with Crippen molar-refractivity contribution in [2.75, 3.05) is 50.2 Å². The molecule has 0 aliphatic carbocycles. The minimum atomic E-state index is -3.09. The molecule has 6 rings (SSSR count). The second-order valence-electron chi connectivity index (χ2n) is 10.9. The Morgan fingerprint density at radius 1 is 0.900 bits per heavy atom. The molecule has 11 heteroatoms. The molecule has 0 saturated carbocycles. The zero-order chi connectivity index (χ0) is 27.7. The number of thioether (sulfide) groups is 2. The Bertz CT molecular complexity index is 1310. The zero-order valence-electron chi connectivity index (χ0n) is 23.0. The molecule has 40 heavy (non-hydrogen) atoms. The van der Waals surface area contributed by atoms with E-state index in [0.717, 1.165) is 60.1 Å². The average Bonchev–Trinajstić information content (AvgIpc) is 3.68. The standard InChI is InChI=1S/C29H38N2O5S4/c1-2-19-40(33,34)31-15-11-24(12-16-31)30-13-9-23(10-14-30)29(37-17-18-38-29)22-3-5-25(6-4-22)39(32)26-7-8-27-28(20-26)36-21-35-27/h3-8,20,23-24H,2,9-19,21H2,1H3. The van der Waals surface area contributed by atoms with Gasteiger partial charge in [-0.25, -0.2) is 16.9 Å². The molecule has 0 spiro atoms. The second-order valence-corrected chi connectivity index (χ2v) is 17.4. The van der Waals surface area contributed by atoms with Gasteiger partial charge in [0.25, 0.3) is 0 Å². The molecule has 3 fully saturated rings. The van der Waals surface area contributed by atoms with Gasteiger partial charge in [0.05, 0.1) is 20.6 Å². The summed E-state index contributed by atoms with van der Waals surface area (Å²) in [4.78, 5) is 4.14. The molecular formula is C29H38N2O5S4. The lowest BCUT2D eigenvalue weighted by Crippen LogP contribution is -2.50. The van der Waals surface area contributed by atoms with Gasteiger partial charge in [-0.15, -0.1) is 23.5 Å². The van der Waals surface area contributed by atoms with E-state index >= 15 is 0 Å². The first-order valence-electron chi connectivity index (χ1n) is 14.3. The molecule has 4 aliphatic heterocycles. The number of rotatable bonds is 8. The molecule has 1 unspecified atom stereocenters. The van der Waals surface area contributed by atoms with E-state index in [4.69, 9.17) is 9.47 Å². The second kappa shape index (κ2) is 12.2. The lowest BCUT2D eigenvalue weighted by Gasteiger charge is -2.45. The maximum absolute atomic E-state index is 13.3. The molecule has 7 nitrogen and oxygen atoms in total. The molecule has 2 aromatic rings. The monoisotopic (exact) mass is 622 g/mol. The molecule has 4 heterocycles. The summed E-state index contributed by atoms with van der Waals surface area (Å²) in [6, 6.07) is 14.4. The number of nitrogens with zero attached hydrogens (tertiary/aromatic N) is 2. The third-order valence-electron chi connectivity index (χ3n) is 8.61. The van der Waals surface area contributed by atoms with Crippen LogP contribution in [0.3, 0.4) is 0 Å². The Labute approximate surface area is 249 Å². The van der Waals surface area contributed by atoms with Crippen LogP contribution in [0.25, 0.3) is 0 Å². The fraction of sp³-hybridized carbons (Fsp3) is 0.586. The third kappa shape index (κ3) is 5.71. The van der Waals surface area contributed by atoms with Crippen LogP contribution < -0.4 is 9.47 Å². The molecular weight excluding hydrogens is 585 g/mol. The molecule has 0 N–H and O–H groups in total. The molecule has 218 valence electrons. The summed E-state index contributed by atoms with van der Waals surface area (Å²) in [5.41, 5.74) is 1.33. The number of fused-ring (bicyclic) bond motifs is 1. The van der Waals surface area contributed by atoms with Crippen LogP contribution in [-0.4, -0.2) is 78.1 Å². The topological polar surface area (TPSA) is 76.2 Å². The largest absolute Gasteiger partial charge is 0.454 e. The molecule has 4 aliphatic rings. The predicted octanol–water partition coefficient (Wildman–Crippen LogP) is 5.13. The van der Waals surface area contributed by atoms with E-state index in [0.29, 0.717) is 43.0 Å². The highest BCUT2D eigenvalue weighted by molar-refractivity contribution is 8.20. The van der Waals surface area contributed by atoms with Gasteiger partial charge in [0, 0.05) is 46.5 Å². The van der Waals surface area contributed by atoms with Crippen LogP contribution in [0, 0.1) is 5.92 Å². The van der Waals surface area contributed by atoms with Gasteiger partial charge in [-0.3, -0.25) is 0 Å². The van der Waals surface area contributed by atoms with E-state index in [1.807, 2.05) is 37.3 Å². The summed E-state index contributed by atoms with van der Waals surface area (Å²) in [6.45, 7) is 5.60. The molecule has 0 amide bonds. The van der Waals surface area contributed by atoms with E-state index in [1.165, 1.54) is 5.56 Å². The molecule has 0 radical (unpaired) electrons. The molecule has 2 aromatic carbocycles. The van der Waals surface area contributed by atoms with Crippen molar-refractivity contribution in [3.05, 3.63) is 48.0 Å². The highest BCUT2D eigenvalue weighted by Gasteiger charge is 2.46. The van der Waals surface area contributed by atoms with Crippen molar-refractivity contribution >= 4 is 44.3 Å². The van der Waals surface area contributed by atoms with Crippen LogP contribution in [0.5, 0.6) is 11.5 Å². The Hall–Kier alpha value is -1.24. The van der Waals surface area contributed by atoms with Crippen molar-refractivity contribution in [2.24, 2.45) is 5.92 Å². The van der Waals surface area contributed by atoms with Crippen LogP contribution >= 0.6 is 23.5 Å². The average molecular weight is 623 g/mol. The first-order valence-corrected chi connectivity index (χ1v) is 19.0. The van der Waals surface area contributed by atoms with Gasteiger partial charge in [-0.2, -0.15) is 0 Å². The Kier molecular flexibility index (Phi) is 8.78. The summed E-state index contributed by atoms with van der Waals surface area (Å²) >= 11 is 4.17. The first kappa shape index (κ1) is 28.9. The summed E-state index contributed by atoms with van der Waals surface area (Å²) in [5.74, 6) is 4.50.